The number of aryl methyl sites for hydroxylation is 1. The van der Waals surface area contributed by atoms with Gasteiger partial charge in [-0.25, -0.2) is 15.0 Å². The lowest BCUT2D eigenvalue weighted by Gasteiger charge is -2.27. The maximum absolute atomic E-state index is 6.24. The van der Waals surface area contributed by atoms with Crippen LogP contribution in [0.4, 0.5) is 5.95 Å². The average Bonchev–Trinajstić information content (AvgIpc) is 2.71. The van der Waals surface area contributed by atoms with Gasteiger partial charge in [0.25, 0.3) is 0 Å². The molecule has 0 amide bonds. The van der Waals surface area contributed by atoms with Gasteiger partial charge in [-0.3, -0.25) is 10.2 Å². The van der Waals surface area contributed by atoms with Crippen LogP contribution in [0.1, 0.15) is 11.3 Å². The molecule has 0 aliphatic carbocycles. The second-order valence-corrected chi connectivity index (χ2v) is 6.95. The molecule has 0 atom stereocenters. The smallest absolute Gasteiger partial charge is 0.230 e. The van der Waals surface area contributed by atoms with Gasteiger partial charge in [0.1, 0.15) is 5.75 Å². The SMILES string of the molecule is COc1ccc2nc(NC3=NCN(Cc4ccccc4Cl)CN3)nc(C)c2c1. The first-order valence-electron chi connectivity index (χ1n) is 8.96. The number of nitrogens with zero attached hydrogens (tertiary/aromatic N) is 4. The van der Waals surface area contributed by atoms with E-state index < -0.39 is 0 Å². The van der Waals surface area contributed by atoms with Crippen LogP contribution in [0.2, 0.25) is 5.02 Å². The number of rotatable bonds is 4. The number of ether oxygens (including phenoxy) is 1. The Balaban J connectivity index is 1.45. The van der Waals surface area contributed by atoms with E-state index in [1.807, 2.05) is 49.4 Å². The van der Waals surface area contributed by atoms with Crippen molar-refractivity contribution in [1.29, 1.82) is 0 Å². The minimum absolute atomic E-state index is 0.515. The van der Waals surface area contributed by atoms with Crippen molar-refractivity contribution in [2.45, 2.75) is 13.5 Å². The van der Waals surface area contributed by atoms with Gasteiger partial charge in [-0.15, -0.1) is 0 Å². The number of benzene rings is 2. The van der Waals surface area contributed by atoms with Crippen LogP contribution in [0.5, 0.6) is 5.75 Å². The molecule has 4 rings (SSSR count). The molecule has 2 heterocycles. The summed E-state index contributed by atoms with van der Waals surface area (Å²) in [6.45, 7) is 3.90. The molecule has 0 bridgehead atoms. The van der Waals surface area contributed by atoms with E-state index in [0.29, 0.717) is 25.2 Å². The van der Waals surface area contributed by atoms with Gasteiger partial charge in [0.15, 0.2) is 0 Å². The number of nitrogens with one attached hydrogen (secondary N) is 2. The van der Waals surface area contributed by atoms with Crippen LogP contribution in [-0.4, -0.2) is 41.3 Å². The molecule has 1 aliphatic rings. The van der Waals surface area contributed by atoms with Gasteiger partial charge in [-0.05, 0) is 36.8 Å². The van der Waals surface area contributed by atoms with E-state index in [0.717, 1.165) is 39.5 Å². The zero-order chi connectivity index (χ0) is 19.5. The van der Waals surface area contributed by atoms with Crippen molar-refractivity contribution < 1.29 is 4.74 Å². The lowest BCUT2D eigenvalue weighted by molar-refractivity contribution is 0.257. The number of fused-ring (bicyclic) bond motifs is 1. The predicted octanol–water partition coefficient (Wildman–Crippen LogP) is 3.39. The van der Waals surface area contributed by atoms with E-state index in [2.05, 4.69) is 30.5 Å². The molecule has 0 saturated heterocycles. The van der Waals surface area contributed by atoms with E-state index >= 15 is 0 Å². The summed E-state index contributed by atoms with van der Waals surface area (Å²) in [5, 5.41) is 8.17. The Hall–Kier alpha value is -2.90. The van der Waals surface area contributed by atoms with Crippen LogP contribution in [0.3, 0.4) is 0 Å². The molecule has 8 heteroatoms. The van der Waals surface area contributed by atoms with Crippen molar-refractivity contribution in [1.82, 2.24) is 20.2 Å². The Morgan fingerprint density at radius 2 is 2.07 bits per heavy atom. The fraction of sp³-hybridized carbons (Fsp3) is 0.250. The lowest BCUT2D eigenvalue weighted by atomic mass is 10.2. The molecule has 2 N–H and O–H groups in total. The molecular formula is C20H21ClN6O. The number of halogens is 1. The van der Waals surface area contributed by atoms with E-state index in [1.54, 1.807) is 7.11 Å². The van der Waals surface area contributed by atoms with Gasteiger partial charge >= 0.3 is 0 Å². The van der Waals surface area contributed by atoms with Crippen LogP contribution in [-0.2, 0) is 6.54 Å². The maximum atomic E-state index is 6.24. The van der Waals surface area contributed by atoms with E-state index in [-0.39, 0.29) is 0 Å². The van der Waals surface area contributed by atoms with Crippen LogP contribution in [0.25, 0.3) is 10.9 Å². The molecule has 144 valence electrons. The quantitative estimate of drug-likeness (QED) is 0.704. The maximum Gasteiger partial charge on any atom is 0.230 e. The second kappa shape index (κ2) is 8.00. The molecule has 0 fully saturated rings. The summed E-state index contributed by atoms with van der Waals surface area (Å²) in [5.74, 6) is 1.96. The largest absolute Gasteiger partial charge is 0.497 e. The minimum Gasteiger partial charge on any atom is -0.497 e. The van der Waals surface area contributed by atoms with Crippen LogP contribution < -0.4 is 15.4 Å². The molecule has 7 nitrogen and oxygen atoms in total. The predicted molar refractivity (Wildman–Crippen MR) is 112 cm³/mol. The third-order valence-electron chi connectivity index (χ3n) is 4.57. The number of guanidine groups is 1. The average molecular weight is 397 g/mol. The normalized spacial score (nSPS) is 14.5. The van der Waals surface area contributed by atoms with Crippen molar-refractivity contribution in [3.8, 4) is 5.75 Å². The highest BCUT2D eigenvalue weighted by Crippen LogP contribution is 2.22. The molecule has 1 aromatic heterocycles. The lowest BCUT2D eigenvalue weighted by Crippen LogP contribution is -2.45. The Kier molecular flexibility index (Phi) is 5.27. The van der Waals surface area contributed by atoms with Crippen LogP contribution in [0.15, 0.2) is 47.5 Å². The number of aliphatic imine (C=N–C) groups is 1. The fourth-order valence-electron chi connectivity index (χ4n) is 3.07. The molecule has 1 aliphatic heterocycles. The van der Waals surface area contributed by atoms with E-state index in [1.165, 1.54) is 0 Å². The highest BCUT2D eigenvalue weighted by atomic mass is 35.5. The number of methoxy groups -OCH3 is 1. The molecule has 28 heavy (non-hydrogen) atoms. The van der Waals surface area contributed by atoms with Crippen molar-refractivity contribution in [2.75, 3.05) is 25.8 Å². The van der Waals surface area contributed by atoms with Crippen LogP contribution >= 0.6 is 11.6 Å². The summed E-state index contributed by atoms with van der Waals surface area (Å²) < 4.78 is 5.28. The number of anilines is 1. The molecular weight excluding hydrogens is 376 g/mol. The third kappa shape index (κ3) is 4.00. The summed E-state index contributed by atoms with van der Waals surface area (Å²) in [6.07, 6.45) is 0. The Morgan fingerprint density at radius 3 is 2.82 bits per heavy atom. The zero-order valence-electron chi connectivity index (χ0n) is 15.7. The monoisotopic (exact) mass is 396 g/mol. The summed E-state index contributed by atoms with van der Waals surface area (Å²) in [6, 6.07) is 13.6. The van der Waals surface area contributed by atoms with Crippen LogP contribution in [0, 0.1) is 6.92 Å². The standard InChI is InChI=1S/C20H21ClN6O/c1-13-16-9-15(28-2)7-8-18(16)25-20(24-13)26-19-22-11-27(12-23-19)10-14-5-3-4-6-17(14)21/h3-9H,10-12H2,1-2H3,(H2,22,23,24,25,26). The summed E-state index contributed by atoms with van der Waals surface area (Å²) in [5.41, 5.74) is 2.82. The summed E-state index contributed by atoms with van der Waals surface area (Å²) in [4.78, 5) is 15.8. The van der Waals surface area contributed by atoms with Crippen molar-refractivity contribution in [3.63, 3.8) is 0 Å². The molecule has 0 saturated carbocycles. The number of aromatic nitrogens is 2. The van der Waals surface area contributed by atoms with Crippen molar-refractivity contribution >= 4 is 34.4 Å². The second-order valence-electron chi connectivity index (χ2n) is 6.54. The highest BCUT2D eigenvalue weighted by Gasteiger charge is 2.15. The molecule has 0 spiro atoms. The molecule has 0 unspecified atom stereocenters. The summed E-state index contributed by atoms with van der Waals surface area (Å²) >= 11 is 6.24. The first-order chi connectivity index (χ1) is 13.6. The zero-order valence-corrected chi connectivity index (χ0v) is 16.5. The van der Waals surface area contributed by atoms with Crippen molar-refractivity contribution in [2.24, 2.45) is 4.99 Å². The molecule has 2 aromatic carbocycles. The number of hydrogen-bond acceptors (Lipinski definition) is 7. The van der Waals surface area contributed by atoms with Gasteiger partial charge in [-0.2, -0.15) is 0 Å². The van der Waals surface area contributed by atoms with Gasteiger partial charge in [0.2, 0.25) is 11.9 Å². The van der Waals surface area contributed by atoms with Crippen molar-refractivity contribution in [3.05, 3.63) is 58.7 Å². The topological polar surface area (TPSA) is 74.7 Å². The van der Waals surface area contributed by atoms with Gasteiger partial charge in [0, 0.05) is 17.0 Å². The van der Waals surface area contributed by atoms with Gasteiger partial charge < -0.3 is 10.1 Å². The Bertz CT molecular complexity index is 1040. The fourth-order valence-corrected chi connectivity index (χ4v) is 3.27. The molecule has 0 radical (unpaired) electrons. The Morgan fingerprint density at radius 1 is 1.21 bits per heavy atom. The summed E-state index contributed by atoms with van der Waals surface area (Å²) in [7, 11) is 1.65. The first kappa shape index (κ1) is 18.5. The highest BCUT2D eigenvalue weighted by molar-refractivity contribution is 6.31. The minimum atomic E-state index is 0.515. The Labute approximate surface area is 168 Å². The molecule has 3 aromatic rings. The number of hydrogen-bond donors (Lipinski definition) is 2. The van der Waals surface area contributed by atoms with E-state index in [4.69, 9.17) is 16.3 Å². The third-order valence-corrected chi connectivity index (χ3v) is 4.94. The van der Waals surface area contributed by atoms with Gasteiger partial charge in [0.05, 0.1) is 31.7 Å². The van der Waals surface area contributed by atoms with Gasteiger partial charge in [-0.1, -0.05) is 29.8 Å². The van der Waals surface area contributed by atoms with E-state index in [9.17, 15) is 0 Å². The first-order valence-corrected chi connectivity index (χ1v) is 9.33.